The summed E-state index contributed by atoms with van der Waals surface area (Å²) in [6, 6.07) is 0. The molecule has 1 N–H and O–H groups in total. The normalized spacial score (nSPS) is 29.8. The van der Waals surface area contributed by atoms with Gasteiger partial charge in [-0.25, -0.2) is 0 Å². The number of imide groups is 1. The first-order valence-electron chi connectivity index (χ1n) is 7.62. The number of nitrogens with one attached hydrogen (secondary N) is 1. The first-order valence-corrected chi connectivity index (χ1v) is 8.91. The highest BCUT2D eigenvalue weighted by atomic mass is 32.2. The van der Waals surface area contributed by atoms with Gasteiger partial charge in [0.2, 0.25) is 17.7 Å². The Balaban J connectivity index is 1.77. The van der Waals surface area contributed by atoms with Crippen LogP contribution in [0.15, 0.2) is 0 Å². The number of carbonyl (C=O) groups excluding carboxylic acids is 3. The third kappa shape index (κ3) is 4.22. The zero-order valence-corrected chi connectivity index (χ0v) is 13.6. The van der Waals surface area contributed by atoms with Crippen molar-refractivity contribution < 1.29 is 14.4 Å². The molecule has 118 valence electrons. The maximum atomic E-state index is 12.1. The topological polar surface area (TPSA) is 66.5 Å². The monoisotopic (exact) mass is 312 g/mol. The van der Waals surface area contributed by atoms with Crippen molar-refractivity contribution >= 4 is 29.5 Å². The lowest BCUT2D eigenvalue weighted by Gasteiger charge is -2.30. The maximum absolute atomic E-state index is 12.1. The van der Waals surface area contributed by atoms with Crippen LogP contribution in [0.4, 0.5) is 0 Å². The van der Waals surface area contributed by atoms with Crippen LogP contribution in [0.3, 0.4) is 0 Å². The summed E-state index contributed by atoms with van der Waals surface area (Å²) in [5.74, 6) is 0.960. The van der Waals surface area contributed by atoms with Gasteiger partial charge < -0.3 is 5.32 Å². The summed E-state index contributed by atoms with van der Waals surface area (Å²) in [6.45, 7) is 2.87. The fraction of sp³-hybridized carbons (Fsp3) is 0.800. The van der Waals surface area contributed by atoms with Crippen LogP contribution in [0.1, 0.15) is 39.0 Å². The summed E-state index contributed by atoms with van der Waals surface area (Å²) in [6.07, 6.45) is 6.43. The highest BCUT2D eigenvalue weighted by Gasteiger charge is 2.39. The third-order valence-electron chi connectivity index (χ3n) is 4.53. The lowest BCUT2D eigenvalue weighted by molar-refractivity contribution is -0.139. The first kappa shape index (κ1) is 16.3. The van der Waals surface area contributed by atoms with E-state index in [0.29, 0.717) is 24.8 Å². The lowest BCUT2D eigenvalue weighted by Crippen LogP contribution is -2.37. The Kier molecular flexibility index (Phi) is 5.67. The molecule has 2 rings (SSSR count). The van der Waals surface area contributed by atoms with Gasteiger partial charge >= 0.3 is 0 Å². The van der Waals surface area contributed by atoms with Crippen molar-refractivity contribution in [2.75, 3.05) is 19.3 Å². The van der Waals surface area contributed by atoms with Gasteiger partial charge in [-0.2, -0.15) is 11.8 Å². The molecule has 1 heterocycles. The summed E-state index contributed by atoms with van der Waals surface area (Å²) < 4.78 is 0. The molecule has 2 fully saturated rings. The molecular weight excluding hydrogens is 288 g/mol. The van der Waals surface area contributed by atoms with Crippen molar-refractivity contribution in [2.24, 2.45) is 11.8 Å². The predicted molar refractivity (Wildman–Crippen MR) is 82.8 cm³/mol. The third-order valence-corrected chi connectivity index (χ3v) is 5.47. The van der Waals surface area contributed by atoms with Gasteiger partial charge in [0.05, 0.1) is 5.25 Å². The molecule has 1 aliphatic carbocycles. The quantitative estimate of drug-likeness (QED) is 0.780. The van der Waals surface area contributed by atoms with Crippen molar-refractivity contribution in [1.29, 1.82) is 0 Å². The predicted octanol–water partition coefficient (Wildman–Crippen LogP) is 1.42. The number of thioether (sulfide) groups is 1. The van der Waals surface area contributed by atoms with Gasteiger partial charge in [-0.1, -0.05) is 0 Å². The molecule has 1 saturated carbocycles. The molecule has 1 unspecified atom stereocenters. The largest absolute Gasteiger partial charge is 0.356 e. The lowest BCUT2D eigenvalue weighted by atomic mass is 9.81. The molecule has 0 radical (unpaired) electrons. The second-order valence-corrected chi connectivity index (χ2v) is 7.14. The minimum Gasteiger partial charge on any atom is -0.356 e. The van der Waals surface area contributed by atoms with Crippen molar-refractivity contribution in [3.8, 4) is 0 Å². The molecule has 3 amide bonds. The number of amides is 3. The Morgan fingerprint density at radius 2 is 1.86 bits per heavy atom. The van der Waals surface area contributed by atoms with E-state index in [1.54, 1.807) is 6.92 Å². The number of hydrogen-bond donors (Lipinski definition) is 1. The molecular formula is C15H24N2O3S. The van der Waals surface area contributed by atoms with Crippen LogP contribution < -0.4 is 5.32 Å². The Labute approximate surface area is 130 Å². The second kappa shape index (κ2) is 7.29. The van der Waals surface area contributed by atoms with E-state index in [1.165, 1.54) is 16.7 Å². The maximum Gasteiger partial charge on any atom is 0.242 e. The zero-order chi connectivity index (χ0) is 15.4. The fourth-order valence-corrected chi connectivity index (χ4v) is 3.83. The van der Waals surface area contributed by atoms with Gasteiger partial charge in [-0.3, -0.25) is 19.3 Å². The zero-order valence-electron chi connectivity index (χ0n) is 12.8. The van der Waals surface area contributed by atoms with E-state index < -0.39 is 0 Å². The molecule has 1 atom stereocenters. The molecule has 21 heavy (non-hydrogen) atoms. The molecule has 0 bridgehead atoms. The van der Waals surface area contributed by atoms with Crippen LogP contribution in [0.5, 0.6) is 0 Å². The minimum absolute atomic E-state index is 0.00660. The van der Waals surface area contributed by atoms with Gasteiger partial charge in [0, 0.05) is 26.4 Å². The van der Waals surface area contributed by atoms with E-state index in [1.807, 2.05) is 6.26 Å². The van der Waals surface area contributed by atoms with Crippen LogP contribution in [0.25, 0.3) is 0 Å². The van der Waals surface area contributed by atoms with Gasteiger partial charge in [-0.05, 0) is 43.8 Å². The number of nitrogens with zero attached hydrogens (tertiary/aromatic N) is 1. The molecule has 1 aliphatic heterocycles. The molecule has 5 nitrogen and oxygen atoms in total. The van der Waals surface area contributed by atoms with Crippen LogP contribution in [-0.2, 0) is 14.4 Å². The van der Waals surface area contributed by atoms with E-state index in [9.17, 15) is 14.4 Å². The van der Waals surface area contributed by atoms with Crippen molar-refractivity contribution in [3.63, 3.8) is 0 Å². The van der Waals surface area contributed by atoms with E-state index in [-0.39, 0.29) is 23.0 Å². The number of likely N-dealkylation sites (tertiary alicyclic amines) is 1. The Morgan fingerprint density at radius 1 is 1.24 bits per heavy atom. The van der Waals surface area contributed by atoms with Gasteiger partial charge in [0.1, 0.15) is 0 Å². The number of rotatable bonds is 5. The van der Waals surface area contributed by atoms with Crippen molar-refractivity contribution in [1.82, 2.24) is 10.2 Å². The van der Waals surface area contributed by atoms with E-state index in [2.05, 4.69) is 5.32 Å². The average molecular weight is 312 g/mol. The van der Waals surface area contributed by atoms with Crippen molar-refractivity contribution in [2.45, 2.75) is 44.3 Å². The average Bonchev–Trinajstić information content (AvgIpc) is 2.74. The molecule has 0 spiro atoms. The summed E-state index contributed by atoms with van der Waals surface area (Å²) in [5.41, 5.74) is 0. The Hall–Kier alpha value is -1.04. The molecule has 2 aliphatic rings. The van der Waals surface area contributed by atoms with Crippen LogP contribution in [0, 0.1) is 11.8 Å². The van der Waals surface area contributed by atoms with E-state index in [0.717, 1.165) is 32.2 Å². The number of carbonyl (C=O) groups is 3. The van der Waals surface area contributed by atoms with Crippen molar-refractivity contribution in [3.05, 3.63) is 0 Å². The highest BCUT2D eigenvalue weighted by molar-refractivity contribution is 8.00. The first-order chi connectivity index (χ1) is 10.0. The molecule has 0 aromatic heterocycles. The molecule has 0 aromatic carbocycles. The fourth-order valence-electron chi connectivity index (χ4n) is 3.19. The summed E-state index contributed by atoms with van der Waals surface area (Å²) in [4.78, 5) is 36.4. The standard InChI is InChI=1S/C15H24N2O3S/c1-10(18)16-8-11-3-5-12(6-4-11)9-17-14(19)7-13(21-2)15(17)20/h11-13H,3-9H2,1-2H3,(H,16,18). The Morgan fingerprint density at radius 3 is 2.38 bits per heavy atom. The van der Waals surface area contributed by atoms with Gasteiger partial charge in [0.25, 0.3) is 0 Å². The molecule has 0 aromatic rings. The number of hydrogen-bond acceptors (Lipinski definition) is 4. The van der Waals surface area contributed by atoms with Gasteiger partial charge in [0.15, 0.2) is 0 Å². The smallest absolute Gasteiger partial charge is 0.242 e. The molecule has 1 saturated heterocycles. The van der Waals surface area contributed by atoms with Crippen LogP contribution >= 0.6 is 11.8 Å². The summed E-state index contributed by atoms with van der Waals surface area (Å²) in [5, 5.41) is 2.70. The van der Waals surface area contributed by atoms with E-state index >= 15 is 0 Å². The second-order valence-electron chi connectivity index (χ2n) is 6.09. The summed E-state index contributed by atoms with van der Waals surface area (Å²) in [7, 11) is 0. The SMILES string of the molecule is CSC1CC(=O)N(CC2CCC(CNC(C)=O)CC2)C1=O. The van der Waals surface area contributed by atoms with E-state index in [4.69, 9.17) is 0 Å². The van der Waals surface area contributed by atoms with Crippen LogP contribution in [0.2, 0.25) is 0 Å². The van der Waals surface area contributed by atoms with Crippen LogP contribution in [-0.4, -0.2) is 47.2 Å². The van der Waals surface area contributed by atoms with Gasteiger partial charge in [-0.15, -0.1) is 0 Å². The molecule has 6 heteroatoms. The Bertz CT molecular complexity index is 419. The summed E-state index contributed by atoms with van der Waals surface area (Å²) >= 11 is 1.47. The minimum atomic E-state index is -0.173. The highest BCUT2D eigenvalue weighted by Crippen LogP contribution is 2.31.